The summed E-state index contributed by atoms with van der Waals surface area (Å²) in [6, 6.07) is 8.99. The molecule has 1 aliphatic carbocycles. The second kappa shape index (κ2) is 7.89. The van der Waals surface area contributed by atoms with Crippen molar-refractivity contribution < 1.29 is 14.4 Å². The van der Waals surface area contributed by atoms with Crippen molar-refractivity contribution in [2.45, 2.75) is 63.5 Å². The van der Waals surface area contributed by atoms with Crippen LogP contribution in [0.4, 0.5) is 4.79 Å². The molecule has 1 aliphatic heterocycles. The number of amides is 4. The number of imide groups is 1. The number of hydrogen-bond acceptors (Lipinski definition) is 3. The van der Waals surface area contributed by atoms with Gasteiger partial charge in [-0.2, -0.15) is 0 Å². The first-order chi connectivity index (χ1) is 12.6. The monoisotopic (exact) mass is 357 g/mol. The standard InChI is InChI=1S/C20H27N3O3/c1-2-3-13-20(15-9-5-4-6-10-15)18(25)23(19(26)22-20)14-17(24)21-16-11-7-8-12-16/h4-6,9-10,16H,2-3,7-8,11-14H2,1H3,(H,21,24)(H,22,26)/t20-/m1/s1. The lowest BCUT2D eigenvalue weighted by atomic mass is 9.85. The minimum absolute atomic E-state index is 0.169. The number of unbranched alkanes of at least 4 members (excludes halogenated alkanes) is 1. The Morgan fingerprint density at radius 3 is 2.58 bits per heavy atom. The number of carbonyl (C=O) groups excluding carboxylic acids is 3. The number of urea groups is 1. The molecule has 6 nitrogen and oxygen atoms in total. The summed E-state index contributed by atoms with van der Waals surface area (Å²) in [6.45, 7) is 1.83. The fraction of sp³-hybridized carbons (Fsp3) is 0.550. The zero-order valence-electron chi connectivity index (χ0n) is 15.3. The zero-order valence-corrected chi connectivity index (χ0v) is 15.3. The third-order valence-electron chi connectivity index (χ3n) is 5.37. The van der Waals surface area contributed by atoms with Gasteiger partial charge in [0.15, 0.2) is 0 Å². The van der Waals surface area contributed by atoms with Gasteiger partial charge in [0.05, 0.1) is 0 Å². The topological polar surface area (TPSA) is 78.5 Å². The Balaban J connectivity index is 1.77. The van der Waals surface area contributed by atoms with Gasteiger partial charge in [-0.05, 0) is 24.8 Å². The van der Waals surface area contributed by atoms with Gasteiger partial charge in [0.2, 0.25) is 5.91 Å². The average molecular weight is 357 g/mol. The highest BCUT2D eigenvalue weighted by Crippen LogP contribution is 2.34. The van der Waals surface area contributed by atoms with Crippen molar-refractivity contribution in [1.29, 1.82) is 0 Å². The predicted molar refractivity (Wildman–Crippen MR) is 98.3 cm³/mol. The third-order valence-corrected chi connectivity index (χ3v) is 5.37. The van der Waals surface area contributed by atoms with E-state index >= 15 is 0 Å². The van der Waals surface area contributed by atoms with E-state index in [4.69, 9.17) is 0 Å². The first-order valence-corrected chi connectivity index (χ1v) is 9.56. The van der Waals surface area contributed by atoms with Crippen LogP contribution in [0.2, 0.25) is 0 Å². The number of nitrogens with zero attached hydrogens (tertiary/aromatic N) is 1. The fourth-order valence-corrected chi connectivity index (χ4v) is 3.93. The number of benzene rings is 1. The molecule has 1 atom stereocenters. The summed E-state index contributed by atoms with van der Waals surface area (Å²) in [4.78, 5) is 39.1. The van der Waals surface area contributed by atoms with E-state index in [-0.39, 0.29) is 24.4 Å². The van der Waals surface area contributed by atoms with Crippen LogP contribution in [-0.4, -0.2) is 35.3 Å². The normalized spacial score (nSPS) is 23.3. The van der Waals surface area contributed by atoms with Crippen molar-refractivity contribution in [3.8, 4) is 0 Å². The minimum atomic E-state index is -1.07. The molecule has 0 radical (unpaired) electrons. The molecule has 1 saturated carbocycles. The first-order valence-electron chi connectivity index (χ1n) is 9.56. The quantitative estimate of drug-likeness (QED) is 0.737. The van der Waals surface area contributed by atoms with Gasteiger partial charge in [0, 0.05) is 6.04 Å². The van der Waals surface area contributed by atoms with Crippen molar-refractivity contribution in [2.24, 2.45) is 0 Å². The summed E-state index contributed by atoms with van der Waals surface area (Å²) in [7, 11) is 0. The number of carbonyl (C=O) groups is 3. The number of hydrogen-bond donors (Lipinski definition) is 2. The highest BCUT2D eigenvalue weighted by Gasteiger charge is 2.52. The highest BCUT2D eigenvalue weighted by atomic mass is 16.2. The Hall–Kier alpha value is -2.37. The number of nitrogens with one attached hydrogen (secondary N) is 2. The molecule has 3 rings (SSSR count). The van der Waals surface area contributed by atoms with Crippen LogP contribution < -0.4 is 10.6 Å². The molecule has 1 aromatic rings. The molecule has 1 saturated heterocycles. The Kier molecular flexibility index (Phi) is 5.59. The van der Waals surface area contributed by atoms with E-state index in [1.165, 1.54) is 0 Å². The molecule has 0 aromatic heterocycles. The maximum Gasteiger partial charge on any atom is 0.325 e. The second-order valence-electron chi connectivity index (χ2n) is 7.25. The molecule has 140 valence electrons. The van der Waals surface area contributed by atoms with Crippen LogP contribution in [0.5, 0.6) is 0 Å². The highest BCUT2D eigenvalue weighted by molar-refractivity contribution is 6.09. The fourth-order valence-electron chi connectivity index (χ4n) is 3.93. The lowest BCUT2D eigenvalue weighted by molar-refractivity contribution is -0.135. The van der Waals surface area contributed by atoms with Crippen LogP contribution >= 0.6 is 0 Å². The molecule has 2 aliphatic rings. The Labute approximate surface area is 154 Å². The molecule has 26 heavy (non-hydrogen) atoms. The van der Waals surface area contributed by atoms with E-state index in [1.807, 2.05) is 37.3 Å². The summed E-state index contributed by atoms with van der Waals surface area (Å²) in [5.41, 5.74) is -0.298. The van der Waals surface area contributed by atoms with Crippen molar-refractivity contribution in [3.63, 3.8) is 0 Å². The maximum atomic E-state index is 13.2. The second-order valence-corrected chi connectivity index (χ2v) is 7.25. The molecule has 0 unspecified atom stereocenters. The third kappa shape index (κ3) is 3.59. The maximum absolute atomic E-state index is 13.2. The SMILES string of the molecule is CCCC[C@]1(c2ccccc2)NC(=O)N(CC(=O)NC2CCCC2)C1=O. The van der Waals surface area contributed by atoms with Gasteiger partial charge in [0.25, 0.3) is 5.91 Å². The van der Waals surface area contributed by atoms with Crippen LogP contribution in [0, 0.1) is 0 Å². The Bertz CT molecular complexity index is 670. The summed E-state index contributed by atoms with van der Waals surface area (Å²) in [6.07, 6.45) is 6.42. The minimum Gasteiger partial charge on any atom is -0.352 e. The van der Waals surface area contributed by atoms with Crippen LogP contribution in [-0.2, 0) is 15.1 Å². The van der Waals surface area contributed by atoms with Gasteiger partial charge in [-0.15, -0.1) is 0 Å². The largest absolute Gasteiger partial charge is 0.352 e. The van der Waals surface area contributed by atoms with Crippen LogP contribution in [0.25, 0.3) is 0 Å². The molecular formula is C20H27N3O3. The molecular weight excluding hydrogens is 330 g/mol. The predicted octanol–water partition coefficient (Wildman–Crippen LogP) is 2.68. The molecule has 2 N–H and O–H groups in total. The number of rotatable bonds is 7. The van der Waals surface area contributed by atoms with Gasteiger partial charge < -0.3 is 10.6 Å². The van der Waals surface area contributed by atoms with E-state index in [2.05, 4.69) is 10.6 Å². The van der Waals surface area contributed by atoms with Gasteiger partial charge in [-0.1, -0.05) is 62.9 Å². The van der Waals surface area contributed by atoms with E-state index < -0.39 is 11.6 Å². The van der Waals surface area contributed by atoms with Crippen LogP contribution in [0.1, 0.15) is 57.4 Å². The molecule has 0 spiro atoms. The van der Waals surface area contributed by atoms with Gasteiger partial charge >= 0.3 is 6.03 Å². The summed E-state index contributed by atoms with van der Waals surface area (Å²) < 4.78 is 0. The van der Waals surface area contributed by atoms with Crippen molar-refractivity contribution >= 4 is 17.8 Å². The smallest absolute Gasteiger partial charge is 0.325 e. The molecule has 6 heteroatoms. The van der Waals surface area contributed by atoms with Gasteiger partial charge in [-0.3, -0.25) is 14.5 Å². The summed E-state index contributed by atoms with van der Waals surface area (Å²) in [5, 5.41) is 5.82. The van der Waals surface area contributed by atoms with Crippen molar-refractivity contribution in [3.05, 3.63) is 35.9 Å². The first kappa shape index (κ1) is 18.4. The van der Waals surface area contributed by atoms with E-state index in [0.717, 1.165) is 49.0 Å². The van der Waals surface area contributed by atoms with Crippen molar-refractivity contribution in [1.82, 2.24) is 15.5 Å². The van der Waals surface area contributed by atoms with E-state index in [9.17, 15) is 14.4 Å². The molecule has 1 heterocycles. The summed E-state index contributed by atoms with van der Waals surface area (Å²) >= 11 is 0. The lowest BCUT2D eigenvalue weighted by Crippen LogP contribution is -2.46. The molecule has 0 bridgehead atoms. The van der Waals surface area contributed by atoms with Crippen molar-refractivity contribution in [2.75, 3.05) is 6.54 Å². The molecule has 2 fully saturated rings. The lowest BCUT2D eigenvalue weighted by Gasteiger charge is -2.27. The van der Waals surface area contributed by atoms with Crippen LogP contribution in [0.15, 0.2) is 30.3 Å². The molecule has 1 aromatic carbocycles. The Morgan fingerprint density at radius 1 is 1.23 bits per heavy atom. The zero-order chi connectivity index (χ0) is 18.6. The average Bonchev–Trinajstić information content (AvgIpc) is 3.23. The van der Waals surface area contributed by atoms with E-state index in [0.29, 0.717) is 6.42 Å². The van der Waals surface area contributed by atoms with Gasteiger partial charge in [0.1, 0.15) is 12.1 Å². The summed E-state index contributed by atoms with van der Waals surface area (Å²) in [5.74, 6) is -0.594. The molecule has 4 amide bonds. The van der Waals surface area contributed by atoms with Crippen LogP contribution in [0.3, 0.4) is 0 Å². The Morgan fingerprint density at radius 2 is 1.92 bits per heavy atom. The van der Waals surface area contributed by atoms with E-state index in [1.54, 1.807) is 0 Å². The van der Waals surface area contributed by atoms with Gasteiger partial charge in [-0.25, -0.2) is 4.79 Å².